The molecule has 0 atom stereocenters. The van der Waals surface area contributed by atoms with E-state index in [2.05, 4.69) is 9.72 Å². The molecule has 134 valence electrons. The first-order valence-electron chi connectivity index (χ1n) is 7.86. The highest BCUT2D eigenvalue weighted by Crippen LogP contribution is 2.29. The Morgan fingerprint density at radius 2 is 1.88 bits per heavy atom. The number of Topliss-reactive ketones (excluding diaryl/α,β-unsaturated/α-hetero) is 1. The molecule has 0 saturated heterocycles. The number of nitrogens with zero attached hydrogens (tertiary/aromatic N) is 1. The summed E-state index contributed by atoms with van der Waals surface area (Å²) in [5.74, 6) is 0.822. The topological polar surface area (TPSA) is 78.6 Å². The highest BCUT2D eigenvalue weighted by Gasteiger charge is 2.13. The Bertz CT molecular complexity index is 939. The molecule has 2 aromatic heterocycles. The van der Waals surface area contributed by atoms with Crippen molar-refractivity contribution < 1.29 is 23.5 Å². The lowest BCUT2D eigenvalue weighted by Gasteiger charge is -2.05. The Kier molecular flexibility index (Phi) is 5.18. The zero-order valence-corrected chi connectivity index (χ0v) is 15.4. The molecule has 3 aromatic rings. The summed E-state index contributed by atoms with van der Waals surface area (Å²) in [6, 6.07) is 10.6. The summed E-state index contributed by atoms with van der Waals surface area (Å²) < 4.78 is 15.6. The number of aromatic nitrogens is 1. The van der Waals surface area contributed by atoms with Crippen LogP contribution in [0.25, 0.3) is 10.6 Å². The minimum atomic E-state index is -0.524. The third-order valence-corrected chi connectivity index (χ3v) is 4.95. The maximum Gasteiger partial charge on any atom is 0.373 e. The molecule has 2 heterocycles. The molecule has 26 heavy (non-hydrogen) atoms. The number of thiazole rings is 1. The number of carbonyl (C=O) groups is 2. The first-order chi connectivity index (χ1) is 12.5. The summed E-state index contributed by atoms with van der Waals surface area (Å²) in [6.45, 7) is 3.57. The number of rotatable bonds is 6. The van der Waals surface area contributed by atoms with Crippen LogP contribution in [0.3, 0.4) is 0 Å². The zero-order chi connectivity index (χ0) is 18.7. The second kappa shape index (κ2) is 7.53. The molecular weight excluding hydrogens is 354 g/mol. The van der Waals surface area contributed by atoms with Crippen molar-refractivity contribution in [2.24, 2.45) is 0 Å². The summed E-state index contributed by atoms with van der Waals surface area (Å²) in [7, 11) is 1.30. The molecule has 0 aliphatic rings. The molecular formula is C19H17NO5S. The predicted molar refractivity (Wildman–Crippen MR) is 96.7 cm³/mol. The minimum Gasteiger partial charge on any atom is -0.486 e. The second-order valence-corrected chi connectivity index (χ2v) is 6.56. The van der Waals surface area contributed by atoms with E-state index in [1.807, 2.05) is 31.2 Å². The fourth-order valence-corrected chi connectivity index (χ4v) is 3.33. The Balaban J connectivity index is 1.66. The molecule has 1 aromatic carbocycles. The molecule has 0 unspecified atom stereocenters. The predicted octanol–water partition coefficient (Wildman–Crippen LogP) is 4.28. The Morgan fingerprint density at radius 1 is 1.15 bits per heavy atom. The molecule has 0 aliphatic carbocycles. The normalized spacial score (nSPS) is 10.6. The fourth-order valence-electron chi connectivity index (χ4n) is 2.36. The van der Waals surface area contributed by atoms with Crippen LogP contribution in [-0.4, -0.2) is 23.8 Å². The van der Waals surface area contributed by atoms with Gasteiger partial charge < -0.3 is 13.9 Å². The quantitative estimate of drug-likeness (QED) is 0.475. The van der Waals surface area contributed by atoms with Crippen LogP contribution >= 0.6 is 11.3 Å². The number of ketones is 1. The number of carbonyl (C=O) groups excluding carboxylic acids is 2. The van der Waals surface area contributed by atoms with Crippen LogP contribution in [0.4, 0.5) is 0 Å². The van der Waals surface area contributed by atoms with Crippen LogP contribution in [0, 0.1) is 6.92 Å². The van der Waals surface area contributed by atoms with Crippen LogP contribution < -0.4 is 4.74 Å². The van der Waals surface area contributed by atoms with Crippen molar-refractivity contribution in [3.63, 3.8) is 0 Å². The Labute approximate surface area is 154 Å². The number of aryl methyl sites for hydroxylation is 1. The van der Waals surface area contributed by atoms with Gasteiger partial charge in [0.2, 0.25) is 5.76 Å². The lowest BCUT2D eigenvalue weighted by atomic mass is 10.2. The van der Waals surface area contributed by atoms with Gasteiger partial charge in [-0.05, 0) is 43.3 Å². The number of hydrogen-bond acceptors (Lipinski definition) is 7. The van der Waals surface area contributed by atoms with Crippen molar-refractivity contribution in [2.75, 3.05) is 7.11 Å². The Hall–Kier alpha value is -2.93. The van der Waals surface area contributed by atoms with Gasteiger partial charge in [0.15, 0.2) is 5.78 Å². The number of furan rings is 1. The zero-order valence-electron chi connectivity index (χ0n) is 14.6. The SMILES string of the molecule is COC(=O)c1ccc(COc2ccc(-c3nc(C)c(C(C)=O)s3)cc2)o1. The maximum absolute atomic E-state index is 11.6. The molecule has 0 bridgehead atoms. The molecule has 6 nitrogen and oxygen atoms in total. The third kappa shape index (κ3) is 3.83. The van der Waals surface area contributed by atoms with E-state index < -0.39 is 5.97 Å². The average molecular weight is 371 g/mol. The second-order valence-electron chi connectivity index (χ2n) is 5.56. The number of esters is 1. The summed E-state index contributed by atoms with van der Waals surface area (Å²) >= 11 is 1.38. The Morgan fingerprint density at radius 3 is 2.50 bits per heavy atom. The highest BCUT2D eigenvalue weighted by atomic mass is 32.1. The van der Waals surface area contributed by atoms with Crippen LogP contribution in [0.15, 0.2) is 40.8 Å². The van der Waals surface area contributed by atoms with Crippen molar-refractivity contribution in [1.82, 2.24) is 4.98 Å². The molecule has 0 radical (unpaired) electrons. The average Bonchev–Trinajstić information content (AvgIpc) is 3.26. The summed E-state index contributed by atoms with van der Waals surface area (Å²) in [6.07, 6.45) is 0. The summed E-state index contributed by atoms with van der Waals surface area (Å²) in [5.41, 5.74) is 1.67. The van der Waals surface area contributed by atoms with Gasteiger partial charge in [-0.2, -0.15) is 0 Å². The van der Waals surface area contributed by atoms with Crippen molar-refractivity contribution >= 4 is 23.1 Å². The van der Waals surface area contributed by atoms with Gasteiger partial charge in [0.25, 0.3) is 0 Å². The van der Waals surface area contributed by atoms with Gasteiger partial charge >= 0.3 is 5.97 Å². The number of hydrogen-bond donors (Lipinski definition) is 0. The van der Waals surface area contributed by atoms with E-state index >= 15 is 0 Å². The van der Waals surface area contributed by atoms with Crippen LogP contribution in [0.5, 0.6) is 5.75 Å². The lowest BCUT2D eigenvalue weighted by molar-refractivity contribution is 0.0561. The van der Waals surface area contributed by atoms with Gasteiger partial charge in [0, 0.05) is 12.5 Å². The van der Waals surface area contributed by atoms with Crippen LogP contribution in [-0.2, 0) is 11.3 Å². The smallest absolute Gasteiger partial charge is 0.373 e. The van der Waals surface area contributed by atoms with Crippen LogP contribution in [0.2, 0.25) is 0 Å². The molecule has 0 spiro atoms. The van der Waals surface area contributed by atoms with Crippen LogP contribution in [0.1, 0.15) is 38.6 Å². The monoisotopic (exact) mass is 371 g/mol. The highest BCUT2D eigenvalue weighted by molar-refractivity contribution is 7.17. The van der Waals surface area contributed by atoms with Gasteiger partial charge in [-0.15, -0.1) is 11.3 Å². The standard InChI is InChI=1S/C19H17NO5S/c1-11-17(12(2)21)26-18(20-11)13-4-6-14(7-5-13)24-10-15-8-9-16(25-15)19(22)23-3/h4-9H,10H2,1-3H3. The summed E-state index contributed by atoms with van der Waals surface area (Å²) in [4.78, 5) is 28.0. The molecule has 0 N–H and O–H groups in total. The van der Waals surface area contributed by atoms with Gasteiger partial charge in [-0.25, -0.2) is 9.78 Å². The molecule has 0 aliphatic heterocycles. The number of benzene rings is 1. The van der Waals surface area contributed by atoms with Crippen molar-refractivity contribution in [1.29, 1.82) is 0 Å². The number of ether oxygens (including phenoxy) is 2. The van der Waals surface area contributed by atoms with Gasteiger partial charge in [-0.3, -0.25) is 4.79 Å². The van der Waals surface area contributed by atoms with Gasteiger partial charge in [0.1, 0.15) is 23.1 Å². The van der Waals surface area contributed by atoms with E-state index in [9.17, 15) is 9.59 Å². The van der Waals surface area contributed by atoms with E-state index in [0.717, 1.165) is 16.3 Å². The molecule has 0 amide bonds. The third-order valence-electron chi connectivity index (χ3n) is 3.65. The van der Waals surface area contributed by atoms with E-state index in [4.69, 9.17) is 9.15 Å². The van der Waals surface area contributed by atoms with Gasteiger partial charge in [0.05, 0.1) is 17.7 Å². The molecule has 0 saturated carbocycles. The van der Waals surface area contributed by atoms with Crippen molar-refractivity contribution in [3.8, 4) is 16.3 Å². The minimum absolute atomic E-state index is 0.0241. The van der Waals surface area contributed by atoms with Gasteiger partial charge in [-0.1, -0.05) is 0 Å². The first-order valence-corrected chi connectivity index (χ1v) is 8.68. The van der Waals surface area contributed by atoms with E-state index in [1.54, 1.807) is 19.1 Å². The molecule has 7 heteroatoms. The van der Waals surface area contributed by atoms with E-state index in [0.29, 0.717) is 16.4 Å². The largest absolute Gasteiger partial charge is 0.486 e. The molecule has 0 fully saturated rings. The van der Waals surface area contributed by atoms with E-state index in [-0.39, 0.29) is 18.2 Å². The van der Waals surface area contributed by atoms with Crippen molar-refractivity contribution in [2.45, 2.75) is 20.5 Å². The first kappa shape index (κ1) is 17.9. The fraction of sp³-hybridized carbons (Fsp3) is 0.211. The van der Waals surface area contributed by atoms with E-state index in [1.165, 1.54) is 18.4 Å². The summed E-state index contributed by atoms with van der Waals surface area (Å²) in [5, 5.41) is 0.799. The van der Waals surface area contributed by atoms with Crippen molar-refractivity contribution in [3.05, 3.63) is 58.5 Å². The molecule has 3 rings (SSSR count). The number of methoxy groups -OCH3 is 1. The maximum atomic E-state index is 11.6. The lowest BCUT2D eigenvalue weighted by Crippen LogP contribution is -1.99.